The van der Waals surface area contributed by atoms with Gasteiger partial charge in [0.05, 0.1) is 28.8 Å². The molecule has 1 saturated carbocycles. The van der Waals surface area contributed by atoms with E-state index >= 15 is 0 Å². The van der Waals surface area contributed by atoms with Gasteiger partial charge in [0.25, 0.3) is 11.5 Å². The van der Waals surface area contributed by atoms with Crippen molar-refractivity contribution in [3.63, 3.8) is 0 Å². The Balaban J connectivity index is 1.36. The predicted octanol–water partition coefficient (Wildman–Crippen LogP) is 5.25. The number of fused-ring (bicyclic) bond motifs is 1. The molecule has 2 N–H and O–H groups in total. The van der Waals surface area contributed by atoms with E-state index in [1.165, 1.54) is 10.6 Å². The second-order valence-electron chi connectivity index (χ2n) is 11.9. The van der Waals surface area contributed by atoms with Gasteiger partial charge in [-0.1, -0.05) is 42.5 Å². The van der Waals surface area contributed by atoms with Gasteiger partial charge in [-0.2, -0.15) is 11.8 Å². The summed E-state index contributed by atoms with van der Waals surface area (Å²) in [6.45, 7) is 1.96. The van der Waals surface area contributed by atoms with E-state index in [4.69, 9.17) is 5.73 Å². The average Bonchev–Trinajstić information content (AvgIpc) is 3.06. The monoisotopic (exact) mass is 629 g/mol. The van der Waals surface area contributed by atoms with Crippen LogP contribution < -0.4 is 17.0 Å². The lowest BCUT2D eigenvalue weighted by molar-refractivity contribution is 0.0499. The van der Waals surface area contributed by atoms with Crippen molar-refractivity contribution in [3.05, 3.63) is 110 Å². The van der Waals surface area contributed by atoms with Crippen LogP contribution in [-0.4, -0.2) is 48.4 Å². The Morgan fingerprint density at radius 3 is 2.20 bits per heavy atom. The van der Waals surface area contributed by atoms with Crippen LogP contribution in [0.4, 0.5) is 4.39 Å². The molecule has 0 spiro atoms. The number of pyridine rings is 1. The predicted molar refractivity (Wildman–Crippen MR) is 173 cm³/mol. The lowest BCUT2D eigenvalue weighted by Crippen LogP contribution is -2.48. The van der Waals surface area contributed by atoms with Crippen LogP contribution in [0.5, 0.6) is 0 Å². The molecular weight excluding hydrogens is 593 g/mol. The first-order valence-corrected chi connectivity index (χ1v) is 16.6. The largest absolute Gasteiger partial charge is 0.366 e. The van der Waals surface area contributed by atoms with Gasteiger partial charge >= 0.3 is 5.69 Å². The van der Waals surface area contributed by atoms with Gasteiger partial charge in [0.15, 0.2) is 0 Å². The van der Waals surface area contributed by atoms with Gasteiger partial charge in [-0.05, 0) is 80.7 Å². The van der Waals surface area contributed by atoms with Gasteiger partial charge in [0.1, 0.15) is 11.5 Å². The number of benzene rings is 2. The maximum Gasteiger partial charge on any atom is 0.333 e. The van der Waals surface area contributed by atoms with Crippen LogP contribution in [0.2, 0.25) is 0 Å². The number of thioether (sulfide) groups is 1. The van der Waals surface area contributed by atoms with Crippen LogP contribution >= 0.6 is 11.8 Å². The van der Waals surface area contributed by atoms with E-state index in [-0.39, 0.29) is 46.2 Å². The minimum atomic E-state index is -0.676. The second-order valence-corrected chi connectivity index (χ2v) is 13.1. The lowest BCUT2D eigenvalue weighted by atomic mass is 9.87. The number of rotatable bonds is 7. The maximum atomic E-state index is 14.3. The highest BCUT2D eigenvalue weighted by atomic mass is 32.2. The summed E-state index contributed by atoms with van der Waals surface area (Å²) in [5.74, 6) is 0.189. The first-order valence-electron chi connectivity index (χ1n) is 15.4. The fraction of sp³-hybridized carbons (Fsp3) is 0.382. The number of nitrogens with zero attached hydrogens (tertiary/aromatic N) is 4. The molecule has 0 unspecified atom stereocenters. The highest BCUT2D eigenvalue weighted by Crippen LogP contribution is 2.36. The van der Waals surface area contributed by atoms with Crippen molar-refractivity contribution < 1.29 is 14.0 Å². The quantitative estimate of drug-likeness (QED) is 0.298. The number of carbonyl (C=O) groups excluding carboxylic acids is 2. The topological polar surface area (TPSA) is 120 Å². The number of amides is 2. The summed E-state index contributed by atoms with van der Waals surface area (Å²) in [7, 11) is 0. The first-order chi connectivity index (χ1) is 21.8. The smallest absolute Gasteiger partial charge is 0.333 e. The van der Waals surface area contributed by atoms with Crippen LogP contribution in [0, 0.1) is 5.82 Å². The molecule has 0 radical (unpaired) electrons. The Hall–Kier alpha value is -4.25. The standard InChI is InChI=1S/C34H36FN5O4S/c1-21(22-7-3-2-4-8-22)38(32(42)28-10-6-5-9-27(28)30(36)41)24-11-13-25(14-12-24)40-33(43)29-19-23(35)20-37-31(29)39(34(40)44)26-15-17-45-18-16-26/h2-10,19-21,24-26H,11-18H2,1H3,(H2,36,41)/t21-,24?,25?/m0/s1. The molecule has 2 aliphatic rings. The highest BCUT2D eigenvalue weighted by molar-refractivity contribution is 7.99. The van der Waals surface area contributed by atoms with E-state index in [0.717, 1.165) is 36.1 Å². The van der Waals surface area contributed by atoms with Crippen molar-refractivity contribution in [1.82, 2.24) is 19.0 Å². The van der Waals surface area contributed by atoms with Crippen molar-refractivity contribution in [1.29, 1.82) is 0 Å². The van der Waals surface area contributed by atoms with Crippen molar-refractivity contribution in [2.75, 3.05) is 11.5 Å². The van der Waals surface area contributed by atoms with E-state index in [9.17, 15) is 23.6 Å². The maximum absolute atomic E-state index is 14.3. The summed E-state index contributed by atoms with van der Waals surface area (Å²) in [5.41, 5.74) is 6.27. The van der Waals surface area contributed by atoms with Gasteiger partial charge in [-0.3, -0.25) is 23.5 Å². The third kappa shape index (κ3) is 5.93. The number of hydrogen-bond acceptors (Lipinski definition) is 6. The Kier molecular flexibility index (Phi) is 8.89. The van der Waals surface area contributed by atoms with Gasteiger partial charge in [-0.25, -0.2) is 14.2 Å². The zero-order chi connectivity index (χ0) is 31.7. The van der Waals surface area contributed by atoms with E-state index in [1.807, 2.05) is 53.9 Å². The molecule has 1 saturated heterocycles. The molecule has 45 heavy (non-hydrogen) atoms. The van der Waals surface area contributed by atoms with E-state index in [1.54, 1.807) is 28.8 Å². The van der Waals surface area contributed by atoms with E-state index in [2.05, 4.69) is 4.98 Å². The molecule has 0 bridgehead atoms. The molecule has 1 aliphatic carbocycles. The van der Waals surface area contributed by atoms with Crippen LogP contribution in [0.1, 0.15) is 89.9 Å². The molecule has 6 rings (SSSR count). The van der Waals surface area contributed by atoms with Crippen LogP contribution in [0.25, 0.3) is 11.0 Å². The van der Waals surface area contributed by atoms with Crippen molar-refractivity contribution in [2.45, 2.75) is 69.6 Å². The minimum Gasteiger partial charge on any atom is -0.366 e. The molecule has 4 aromatic rings. The van der Waals surface area contributed by atoms with Gasteiger partial charge in [0.2, 0.25) is 5.91 Å². The Bertz CT molecular complexity index is 1850. The lowest BCUT2D eigenvalue weighted by Gasteiger charge is -2.41. The summed E-state index contributed by atoms with van der Waals surface area (Å²) in [5, 5.41) is 0.104. The Morgan fingerprint density at radius 2 is 1.53 bits per heavy atom. The molecule has 2 aromatic carbocycles. The summed E-state index contributed by atoms with van der Waals surface area (Å²) in [6.07, 6.45) is 4.58. The normalized spacial score (nSPS) is 19.7. The molecule has 3 heterocycles. The number of nitrogens with two attached hydrogens (primary N) is 1. The molecule has 1 aliphatic heterocycles. The van der Waals surface area contributed by atoms with Gasteiger partial charge in [-0.15, -0.1) is 0 Å². The van der Waals surface area contributed by atoms with Crippen molar-refractivity contribution in [3.8, 4) is 0 Å². The fourth-order valence-corrected chi connectivity index (χ4v) is 8.05. The van der Waals surface area contributed by atoms with Gasteiger partial charge < -0.3 is 10.6 Å². The zero-order valence-corrected chi connectivity index (χ0v) is 25.9. The van der Waals surface area contributed by atoms with Crippen LogP contribution in [-0.2, 0) is 0 Å². The summed E-state index contributed by atoms with van der Waals surface area (Å²) < 4.78 is 17.3. The second kappa shape index (κ2) is 13.0. The molecule has 11 heteroatoms. The molecule has 2 fully saturated rings. The fourth-order valence-electron chi connectivity index (χ4n) is 6.97. The first kappa shape index (κ1) is 30.8. The molecular formula is C34H36FN5O4S. The number of hydrogen-bond donors (Lipinski definition) is 1. The van der Waals surface area contributed by atoms with Crippen molar-refractivity contribution in [2.24, 2.45) is 5.73 Å². The number of aromatic nitrogens is 3. The summed E-state index contributed by atoms with van der Waals surface area (Å²) >= 11 is 1.83. The number of halogens is 1. The molecule has 234 valence electrons. The number of carbonyl (C=O) groups is 2. The molecule has 9 nitrogen and oxygen atoms in total. The third-order valence-electron chi connectivity index (χ3n) is 9.26. The van der Waals surface area contributed by atoms with Crippen molar-refractivity contribution >= 4 is 34.6 Å². The molecule has 2 amide bonds. The average molecular weight is 630 g/mol. The highest BCUT2D eigenvalue weighted by Gasteiger charge is 2.36. The van der Waals surface area contributed by atoms with Gasteiger partial charge in [0, 0.05) is 18.1 Å². The van der Waals surface area contributed by atoms with E-state index in [0.29, 0.717) is 25.7 Å². The van der Waals surface area contributed by atoms with Crippen LogP contribution in [0.15, 0.2) is 76.4 Å². The minimum absolute atomic E-state index is 0.104. The summed E-state index contributed by atoms with van der Waals surface area (Å²) in [4.78, 5) is 60.3. The summed E-state index contributed by atoms with van der Waals surface area (Å²) in [6, 6.07) is 16.3. The molecule has 1 atom stereocenters. The zero-order valence-electron chi connectivity index (χ0n) is 25.1. The SMILES string of the molecule is C[C@@H](c1ccccc1)N(C(=O)c1ccccc1C(N)=O)C1CCC(n2c(=O)c3cc(F)cnc3n(C3CCSCC3)c2=O)CC1. The Morgan fingerprint density at radius 1 is 0.911 bits per heavy atom. The Labute approximate surface area is 264 Å². The third-order valence-corrected chi connectivity index (χ3v) is 10.3. The number of primary amides is 1. The molecule has 2 aromatic heterocycles. The van der Waals surface area contributed by atoms with E-state index < -0.39 is 29.0 Å². The van der Waals surface area contributed by atoms with Crippen LogP contribution in [0.3, 0.4) is 0 Å².